The molecule has 1 aromatic heterocycles. The number of benzene rings is 1. The van der Waals surface area contributed by atoms with Crippen LogP contribution >= 0.6 is 11.3 Å². The van der Waals surface area contributed by atoms with Crippen molar-refractivity contribution in [2.24, 2.45) is 0 Å². The van der Waals surface area contributed by atoms with E-state index < -0.39 is 10.0 Å². The van der Waals surface area contributed by atoms with E-state index in [1.54, 1.807) is 0 Å². The number of hydrogen-bond donors (Lipinski definition) is 2. The van der Waals surface area contributed by atoms with Crippen LogP contribution in [0.1, 0.15) is 44.6 Å². The molecule has 1 aliphatic rings. The van der Waals surface area contributed by atoms with E-state index in [0.717, 1.165) is 30.4 Å². The number of aryl methyl sites for hydroxylation is 1. The summed E-state index contributed by atoms with van der Waals surface area (Å²) in [5.41, 5.74) is 2.54. The first kappa shape index (κ1) is 18.1. The highest BCUT2D eigenvalue weighted by molar-refractivity contribution is 7.88. The van der Waals surface area contributed by atoms with Crippen molar-refractivity contribution in [3.8, 4) is 0 Å². The van der Waals surface area contributed by atoms with E-state index in [-0.39, 0.29) is 11.9 Å². The minimum Gasteiger partial charge on any atom is -0.345 e. The van der Waals surface area contributed by atoms with Gasteiger partial charge in [-0.05, 0) is 48.9 Å². The van der Waals surface area contributed by atoms with Crippen LogP contribution in [0, 0.1) is 0 Å². The first-order chi connectivity index (χ1) is 11.9. The summed E-state index contributed by atoms with van der Waals surface area (Å²) < 4.78 is 24.6. The van der Waals surface area contributed by atoms with Gasteiger partial charge in [-0.15, -0.1) is 11.3 Å². The molecule has 0 aliphatic heterocycles. The first-order valence-electron chi connectivity index (χ1n) is 8.34. The van der Waals surface area contributed by atoms with Crippen LogP contribution in [0.15, 0.2) is 36.4 Å². The van der Waals surface area contributed by atoms with E-state index in [9.17, 15) is 13.2 Å². The van der Waals surface area contributed by atoms with Crippen molar-refractivity contribution in [1.29, 1.82) is 0 Å². The van der Waals surface area contributed by atoms with Gasteiger partial charge in [-0.1, -0.05) is 24.3 Å². The van der Waals surface area contributed by atoms with E-state index in [1.807, 2.05) is 24.3 Å². The number of amides is 1. The van der Waals surface area contributed by atoms with Gasteiger partial charge in [-0.3, -0.25) is 4.79 Å². The minimum atomic E-state index is -3.18. The van der Waals surface area contributed by atoms with Crippen LogP contribution in [0.2, 0.25) is 0 Å². The van der Waals surface area contributed by atoms with Crippen molar-refractivity contribution in [2.75, 3.05) is 12.8 Å². The second-order valence-electron chi connectivity index (χ2n) is 6.30. The fraction of sp³-hybridized carbons (Fsp3) is 0.389. The largest absolute Gasteiger partial charge is 0.345 e. The van der Waals surface area contributed by atoms with Gasteiger partial charge in [0.1, 0.15) is 0 Å². The molecule has 0 bridgehead atoms. The van der Waals surface area contributed by atoms with E-state index in [4.69, 9.17) is 0 Å². The lowest BCUT2D eigenvalue weighted by Gasteiger charge is -2.26. The zero-order chi connectivity index (χ0) is 17.9. The fourth-order valence-electron chi connectivity index (χ4n) is 3.13. The molecular formula is C18H22N2O3S2. The predicted octanol–water partition coefficient (Wildman–Crippen LogP) is 2.65. The average molecular weight is 379 g/mol. The van der Waals surface area contributed by atoms with Gasteiger partial charge < -0.3 is 5.32 Å². The molecule has 1 aliphatic carbocycles. The van der Waals surface area contributed by atoms with Gasteiger partial charge in [0.05, 0.1) is 17.2 Å². The molecular weight excluding hydrogens is 356 g/mol. The van der Waals surface area contributed by atoms with Crippen LogP contribution in [0.25, 0.3) is 0 Å². The lowest BCUT2D eigenvalue weighted by molar-refractivity contribution is 0.0937. The lowest BCUT2D eigenvalue weighted by atomic mass is 9.88. The molecule has 5 nitrogen and oxygen atoms in total. The van der Waals surface area contributed by atoms with Crippen LogP contribution in [0.3, 0.4) is 0 Å². The summed E-state index contributed by atoms with van der Waals surface area (Å²) >= 11 is 1.41. The molecule has 2 aromatic rings. The Kier molecular flexibility index (Phi) is 5.56. The Balaban J connectivity index is 1.61. The highest BCUT2D eigenvalue weighted by Crippen LogP contribution is 2.30. The third-order valence-electron chi connectivity index (χ3n) is 4.30. The van der Waals surface area contributed by atoms with Gasteiger partial charge >= 0.3 is 0 Å². The highest BCUT2D eigenvalue weighted by Gasteiger charge is 2.22. The molecule has 0 saturated carbocycles. The number of carbonyl (C=O) groups excluding carboxylic acids is 1. The molecule has 7 heteroatoms. The molecule has 0 unspecified atom stereocenters. The van der Waals surface area contributed by atoms with Crippen LogP contribution in [-0.4, -0.2) is 27.1 Å². The second kappa shape index (κ2) is 7.68. The summed E-state index contributed by atoms with van der Waals surface area (Å²) in [6.07, 6.45) is 4.83. The van der Waals surface area contributed by atoms with Crippen LogP contribution in [0.4, 0.5) is 0 Å². The molecule has 134 valence electrons. The van der Waals surface area contributed by atoms with Gasteiger partial charge in [0.25, 0.3) is 5.91 Å². The SMILES string of the molecule is CS(=O)(=O)NCCc1ccc(C(=O)N[C@H]2CCCc3ccccc32)s1. The van der Waals surface area contributed by atoms with Crippen molar-refractivity contribution in [2.45, 2.75) is 31.7 Å². The molecule has 1 heterocycles. The van der Waals surface area contributed by atoms with Crippen molar-refractivity contribution < 1.29 is 13.2 Å². The van der Waals surface area contributed by atoms with E-state index in [2.05, 4.69) is 22.2 Å². The Morgan fingerprint density at radius 2 is 2.04 bits per heavy atom. The van der Waals surface area contributed by atoms with Crippen molar-refractivity contribution >= 4 is 27.3 Å². The maximum Gasteiger partial charge on any atom is 0.261 e. The number of rotatable bonds is 6. The Morgan fingerprint density at radius 3 is 2.84 bits per heavy atom. The van der Waals surface area contributed by atoms with Gasteiger partial charge in [-0.25, -0.2) is 13.1 Å². The van der Waals surface area contributed by atoms with Gasteiger partial charge in [-0.2, -0.15) is 0 Å². The van der Waals surface area contributed by atoms with Gasteiger partial charge in [0, 0.05) is 11.4 Å². The number of sulfonamides is 1. The normalized spacial score (nSPS) is 17.1. The summed E-state index contributed by atoms with van der Waals surface area (Å²) in [4.78, 5) is 14.2. The van der Waals surface area contributed by atoms with E-state index >= 15 is 0 Å². The molecule has 1 aromatic carbocycles. The smallest absolute Gasteiger partial charge is 0.261 e. The quantitative estimate of drug-likeness (QED) is 0.811. The summed E-state index contributed by atoms with van der Waals surface area (Å²) in [7, 11) is -3.18. The molecule has 1 amide bonds. The minimum absolute atomic E-state index is 0.0611. The van der Waals surface area contributed by atoms with Crippen molar-refractivity contribution in [3.63, 3.8) is 0 Å². The summed E-state index contributed by atoms with van der Waals surface area (Å²) in [5, 5.41) is 3.15. The number of thiophene rings is 1. The summed E-state index contributed by atoms with van der Waals surface area (Å²) in [6, 6.07) is 12.0. The third kappa shape index (κ3) is 4.90. The molecule has 0 spiro atoms. The van der Waals surface area contributed by atoms with Gasteiger partial charge in [0.15, 0.2) is 0 Å². The molecule has 3 rings (SSSR count). The maximum absolute atomic E-state index is 12.6. The summed E-state index contributed by atoms with van der Waals surface area (Å²) in [5.74, 6) is -0.0611. The average Bonchev–Trinajstić information content (AvgIpc) is 3.03. The predicted molar refractivity (Wildman–Crippen MR) is 100 cm³/mol. The fourth-order valence-corrected chi connectivity index (χ4v) is 4.51. The first-order valence-corrected chi connectivity index (χ1v) is 11.1. The number of hydrogen-bond acceptors (Lipinski definition) is 4. The zero-order valence-corrected chi connectivity index (χ0v) is 15.8. The second-order valence-corrected chi connectivity index (χ2v) is 9.30. The Bertz CT molecular complexity index is 859. The van der Waals surface area contributed by atoms with Crippen LogP contribution in [0.5, 0.6) is 0 Å². The highest BCUT2D eigenvalue weighted by atomic mass is 32.2. The third-order valence-corrected chi connectivity index (χ3v) is 6.17. The Hall–Kier alpha value is -1.70. The van der Waals surface area contributed by atoms with E-state index in [0.29, 0.717) is 17.8 Å². The topological polar surface area (TPSA) is 75.3 Å². The standard InChI is InChI=1S/C18H22N2O3S2/c1-25(22,23)19-12-11-14-9-10-17(24-14)18(21)20-16-8-4-6-13-5-2-3-7-15(13)16/h2-3,5,7,9-10,16,19H,4,6,8,11-12H2,1H3,(H,20,21)/t16-/m0/s1. The molecule has 1 atom stereocenters. The van der Waals surface area contributed by atoms with Gasteiger partial charge in [0.2, 0.25) is 10.0 Å². The lowest BCUT2D eigenvalue weighted by Crippen LogP contribution is -2.30. The monoisotopic (exact) mass is 378 g/mol. The molecule has 25 heavy (non-hydrogen) atoms. The Morgan fingerprint density at radius 1 is 1.24 bits per heavy atom. The van der Waals surface area contributed by atoms with Crippen molar-refractivity contribution in [3.05, 3.63) is 57.3 Å². The zero-order valence-electron chi connectivity index (χ0n) is 14.1. The molecule has 0 saturated heterocycles. The number of nitrogens with one attached hydrogen (secondary N) is 2. The maximum atomic E-state index is 12.6. The van der Waals surface area contributed by atoms with E-state index in [1.165, 1.54) is 22.5 Å². The Labute approximate surface area is 152 Å². The van der Waals surface area contributed by atoms with Crippen molar-refractivity contribution in [1.82, 2.24) is 10.0 Å². The summed E-state index contributed by atoms with van der Waals surface area (Å²) in [6.45, 7) is 0.344. The van der Waals surface area contributed by atoms with Crippen LogP contribution < -0.4 is 10.0 Å². The van der Waals surface area contributed by atoms with Crippen LogP contribution in [-0.2, 0) is 22.9 Å². The number of carbonyl (C=O) groups is 1. The molecule has 0 fully saturated rings. The molecule has 0 radical (unpaired) electrons. The molecule has 2 N–H and O–H groups in total. The number of fused-ring (bicyclic) bond motifs is 1.